The zero-order valence-corrected chi connectivity index (χ0v) is 13.0. The van der Waals surface area contributed by atoms with Gasteiger partial charge in [-0.3, -0.25) is 4.79 Å². The van der Waals surface area contributed by atoms with Crippen molar-refractivity contribution in [2.24, 2.45) is 0 Å². The Bertz CT molecular complexity index is 964. The van der Waals surface area contributed by atoms with Gasteiger partial charge in [0.1, 0.15) is 0 Å². The number of pyridine rings is 1. The maximum Gasteiger partial charge on any atom is 0.417 e. The van der Waals surface area contributed by atoms with E-state index in [1.165, 1.54) is 24.3 Å². The first kappa shape index (κ1) is 17.0. The number of aliphatic hydroxyl groups excluding tert-OH is 1. The second kappa shape index (κ2) is 6.60. The van der Waals surface area contributed by atoms with Gasteiger partial charge in [-0.15, -0.1) is 0 Å². The maximum atomic E-state index is 13.2. The molecule has 0 aliphatic heterocycles. The van der Waals surface area contributed by atoms with E-state index in [1.807, 2.05) is 0 Å². The summed E-state index contributed by atoms with van der Waals surface area (Å²) in [6.45, 7) is 0.280. The predicted molar refractivity (Wildman–Crippen MR) is 90.6 cm³/mol. The van der Waals surface area contributed by atoms with E-state index in [2.05, 4.69) is 10.3 Å². The lowest BCUT2D eigenvalue weighted by atomic mass is 10.0. The van der Waals surface area contributed by atoms with E-state index in [0.29, 0.717) is 23.0 Å². The van der Waals surface area contributed by atoms with E-state index in [0.717, 1.165) is 6.07 Å². The molecule has 0 unspecified atom stereocenters. The average Bonchev–Trinajstić information content (AvgIpc) is 2.59. The molecule has 0 aliphatic carbocycles. The molecule has 3 aromatic rings. The normalized spacial score (nSPS) is 11.7. The highest BCUT2D eigenvalue weighted by Gasteiger charge is 2.33. The van der Waals surface area contributed by atoms with Gasteiger partial charge in [0.15, 0.2) is 0 Å². The third kappa shape index (κ3) is 3.51. The molecule has 3 rings (SSSR count). The number of nitrogens with one attached hydrogen (secondary N) is 2. The fourth-order valence-electron chi connectivity index (χ4n) is 2.68. The molecule has 4 nitrogen and oxygen atoms in total. The molecule has 0 bridgehead atoms. The molecule has 0 fully saturated rings. The quantitative estimate of drug-likeness (QED) is 0.675. The van der Waals surface area contributed by atoms with Crippen molar-refractivity contribution in [3.05, 3.63) is 64.4 Å². The number of anilines is 1. The first-order chi connectivity index (χ1) is 11.9. The Hall–Kier alpha value is -2.80. The van der Waals surface area contributed by atoms with Gasteiger partial charge in [-0.05, 0) is 29.7 Å². The molecule has 1 heterocycles. The van der Waals surface area contributed by atoms with Crippen molar-refractivity contribution in [3.8, 4) is 11.3 Å². The summed E-state index contributed by atoms with van der Waals surface area (Å²) in [5.74, 6) is 0. The lowest BCUT2D eigenvalue weighted by Gasteiger charge is -2.13. The average molecular weight is 348 g/mol. The zero-order chi connectivity index (χ0) is 18.0. The van der Waals surface area contributed by atoms with Crippen LogP contribution in [0.3, 0.4) is 0 Å². The molecule has 3 N–H and O–H groups in total. The summed E-state index contributed by atoms with van der Waals surface area (Å²) < 4.78 is 39.6. The van der Waals surface area contributed by atoms with E-state index >= 15 is 0 Å². The molecule has 7 heteroatoms. The number of alkyl halides is 3. The number of aromatic amines is 1. The summed E-state index contributed by atoms with van der Waals surface area (Å²) in [4.78, 5) is 14.9. The van der Waals surface area contributed by atoms with Crippen LogP contribution >= 0.6 is 0 Å². The fourth-order valence-corrected chi connectivity index (χ4v) is 2.68. The summed E-state index contributed by atoms with van der Waals surface area (Å²) in [6.07, 6.45) is -4.51. The highest BCUT2D eigenvalue weighted by atomic mass is 19.4. The van der Waals surface area contributed by atoms with Crippen LogP contribution < -0.4 is 10.9 Å². The Morgan fingerprint density at radius 3 is 2.56 bits per heavy atom. The predicted octanol–water partition coefficient (Wildman–Crippen LogP) is 3.62. The van der Waals surface area contributed by atoms with E-state index in [4.69, 9.17) is 5.11 Å². The maximum absolute atomic E-state index is 13.2. The molecule has 25 heavy (non-hydrogen) atoms. The summed E-state index contributed by atoms with van der Waals surface area (Å²) in [5.41, 5.74) is -0.586. The molecule has 0 saturated heterocycles. The van der Waals surface area contributed by atoms with E-state index in [9.17, 15) is 18.0 Å². The highest BCUT2D eigenvalue weighted by molar-refractivity contribution is 5.88. The number of hydrogen-bond donors (Lipinski definition) is 3. The largest absolute Gasteiger partial charge is 0.417 e. The SMILES string of the molecule is O=c1[nH]c(-c2ccccc2C(F)(F)F)cc2ccc(NCCO)cc12. The number of halogens is 3. The first-order valence-corrected chi connectivity index (χ1v) is 7.58. The standard InChI is InChI=1S/C18H15F3N2O2/c19-18(20,21)15-4-2-1-3-13(15)16-9-11-5-6-12(22-7-8-24)10-14(11)17(25)23-16/h1-6,9-10,22,24H,7-8H2,(H,23,25). The number of hydrogen-bond acceptors (Lipinski definition) is 3. The monoisotopic (exact) mass is 348 g/mol. The number of fused-ring (bicyclic) bond motifs is 1. The van der Waals surface area contributed by atoms with Gasteiger partial charge < -0.3 is 15.4 Å². The van der Waals surface area contributed by atoms with Crippen molar-refractivity contribution in [1.29, 1.82) is 0 Å². The minimum absolute atomic E-state index is 0.0540. The number of H-pyrrole nitrogens is 1. The van der Waals surface area contributed by atoms with Gasteiger partial charge in [-0.25, -0.2) is 0 Å². The summed E-state index contributed by atoms with van der Waals surface area (Å²) >= 11 is 0. The molecular weight excluding hydrogens is 333 g/mol. The molecule has 1 aromatic heterocycles. The molecule has 0 amide bonds. The van der Waals surface area contributed by atoms with Crippen LogP contribution in [0.1, 0.15) is 5.56 Å². The molecule has 0 saturated carbocycles. The van der Waals surface area contributed by atoms with Crippen LogP contribution in [0.2, 0.25) is 0 Å². The first-order valence-electron chi connectivity index (χ1n) is 7.58. The van der Waals surface area contributed by atoms with Gasteiger partial charge in [0.2, 0.25) is 0 Å². The summed E-state index contributed by atoms with van der Waals surface area (Å²) in [7, 11) is 0. The Balaban J connectivity index is 2.13. The Morgan fingerprint density at radius 2 is 1.84 bits per heavy atom. The Labute approximate surface area is 140 Å². The van der Waals surface area contributed by atoms with Crippen molar-refractivity contribution in [2.75, 3.05) is 18.5 Å². The third-order valence-electron chi connectivity index (χ3n) is 3.81. The molecule has 0 aliphatic rings. The molecule has 0 atom stereocenters. The van der Waals surface area contributed by atoms with Gasteiger partial charge >= 0.3 is 6.18 Å². The van der Waals surface area contributed by atoms with Crippen LogP contribution in [0.4, 0.5) is 18.9 Å². The van der Waals surface area contributed by atoms with Gasteiger partial charge in [-0.2, -0.15) is 13.2 Å². The number of benzene rings is 2. The minimum Gasteiger partial charge on any atom is -0.395 e. The number of aromatic nitrogens is 1. The number of rotatable bonds is 4. The third-order valence-corrected chi connectivity index (χ3v) is 3.81. The molecule has 130 valence electrons. The van der Waals surface area contributed by atoms with Gasteiger partial charge in [0, 0.05) is 28.9 Å². The second-order valence-corrected chi connectivity index (χ2v) is 5.51. The van der Waals surface area contributed by atoms with Crippen LogP contribution in [0, 0.1) is 0 Å². The highest BCUT2D eigenvalue weighted by Crippen LogP contribution is 2.36. The van der Waals surface area contributed by atoms with E-state index in [1.54, 1.807) is 18.2 Å². The molecule has 2 aromatic carbocycles. The van der Waals surface area contributed by atoms with Crippen molar-refractivity contribution < 1.29 is 18.3 Å². The topological polar surface area (TPSA) is 65.1 Å². The van der Waals surface area contributed by atoms with Crippen molar-refractivity contribution in [2.45, 2.75) is 6.18 Å². The summed E-state index contributed by atoms with van der Waals surface area (Å²) in [5, 5.41) is 12.7. The molecule has 0 radical (unpaired) electrons. The van der Waals surface area contributed by atoms with Crippen LogP contribution in [-0.4, -0.2) is 23.2 Å². The lowest BCUT2D eigenvalue weighted by molar-refractivity contribution is -0.137. The summed E-state index contributed by atoms with van der Waals surface area (Å²) in [6, 6.07) is 11.6. The van der Waals surface area contributed by atoms with E-state index < -0.39 is 17.3 Å². The van der Waals surface area contributed by atoms with Crippen LogP contribution in [0.25, 0.3) is 22.0 Å². The minimum atomic E-state index is -4.51. The van der Waals surface area contributed by atoms with Crippen molar-refractivity contribution >= 4 is 16.5 Å². The molecule has 0 spiro atoms. The fraction of sp³-hybridized carbons (Fsp3) is 0.167. The number of aliphatic hydroxyl groups is 1. The van der Waals surface area contributed by atoms with Crippen LogP contribution in [-0.2, 0) is 6.18 Å². The smallest absolute Gasteiger partial charge is 0.395 e. The second-order valence-electron chi connectivity index (χ2n) is 5.51. The van der Waals surface area contributed by atoms with Crippen LogP contribution in [0.5, 0.6) is 0 Å². The lowest BCUT2D eigenvalue weighted by Crippen LogP contribution is -2.12. The van der Waals surface area contributed by atoms with Gasteiger partial charge in [0.05, 0.1) is 12.2 Å². The van der Waals surface area contributed by atoms with Gasteiger partial charge in [-0.1, -0.05) is 24.3 Å². The Morgan fingerprint density at radius 1 is 1.08 bits per heavy atom. The zero-order valence-electron chi connectivity index (χ0n) is 13.0. The van der Waals surface area contributed by atoms with E-state index in [-0.39, 0.29) is 17.9 Å². The van der Waals surface area contributed by atoms with Crippen molar-refractivity contribution in [3.63, 3.8) is 0 Å². The van der Waals surface area contributed by atoms with Crippen LogP contribution in [0.15, 0.2) is 53.3 Å². The molecular formula is C18H15F3N2O2. The Kier molecular flexibility index (Phi) is 4.50. The van der Waals surface area contributed by atoms with Crippen molar-refractivity contribution in [1.82, 2.24) is 4.98 Å². The van der Waals surface area contributed by atoms with Gasteiger partial charge in [0.25, 0.3) is 5.56 Å².